The van der Waals surface area contributed by atoms with Crippen molar-refractivity contribution in [3.8, 4) is 45.3 Å². The van der Waals surface area contributed by atoms with Crippen LogP contribution in [0.15, 0.2) is 180 Å². The maximum absolute atomic E-state index is 6.64. The molecule has 0 saturated carbocycles. The number of hydrogen-bond acceptors (Lipinski definition) is 5. The largest absolute Gasteiger partial charge is 0.456 e. The number of rotatable bonds is 4. The van der Waals surface area contributed by atoms with Crippen LogP contribution in [0.3, 0.4) is 0 Å². The second-order valence-corrected chi connectivity index (χ2v) is 15.3. The average Bonchev–Trinajstić information content (AvgIpc) is 3.85. The molecule has 0 aliphatic carbocycles. The number of fused-ring (bicyclic) bond motifs is 12. The van der Waals surface area contributed by atoms with Gasteiger partial charge in [-0.25, -0.2) is 15.0 Å². The molecule has 0 fully saturated rings. The number of nitrogens with zero attached hydrogens (tertiary/aromatic N) is 3. The highest BCUT2D eigenvalue weighted by atomic mass is 32.1. The fourth-order valence-corrected chi connectivity index (χ4v) is 9.80. The summed E-state index contributed by atoms with van der Waals surface area (Å²) >= 11 is 1.83. The Morgan fingerprint density at radius 2 is 0.821 bits per heavy atom. The molecule has 3 aromatic heterocycles. The summed E-state index contributed by atoms with van der Waals surface area (Å²) in [7, 11) is 0. The van der Waals surface area contributed by atoms with Crippen LogP contribution in [0.4, 0.5) is 0 Å². The maximum atomic E-state index is 6.64. The Bertz CT molecular complexity index is 3510. The second-order valence-electron chi connectivity index (χ2n) is 14.3. The molecule has 0 atom stereocenters. The Hall–Kier alpha value is -7.21. The summed E-state index contributed by atoms with van der Waals surface area (Å²) in [6.45, 7) is 0. The van der Waals surface area contributed by atoms with Gasteiger partial charge in [-0.05, 0) is 73.8 Å². The summed E-state index contributed by atoms with van der Waals surface area (Å²) in [4.78, 5) is 15.7. The monoisotopic (exact) mass is 731 g/mol. The van der Waals surface area contributed by atoms with E-state index in [9.17, 15) is 0 Å². The lowest BCUT2D eigenvalue weighted by atomic mass is 9.93. The summed E-state index contributed by atoms with van der Waals surface area (Å²) in [5.74, 6) is 1.83. The van der Waals surface area contributed by atoms with Crippen molar-refractivity contribution in [3.05, 3.63) is 176 Å². The highest BCUT2D eigenvalue weighted by Crippen LogP contribution is 2.46. The third kappa shape index (κ3) is 4.68. The van der Waals surface area contributed by atoms with Gasteiger partial charge in [0.15, 0.2) is 17.5 Å². The number of aromatic nitrogens is 3. The van der Waals surface area contributed by atoms with Crippen molar-refractivity contribution in [1.29, 1.82) is 0 Å². The van der Waals surface area contributed by atoms with Crippen LogP contribution in [-0.2, 0) is 0 Å². The van der Waals surface area contributed by atoms with Crippen molar-refractivity contribution < 1.29 is 4.42 Å². The molecule has 9 aromatic carbocycles. The van der Waals surface area contributed by atoms with Crippen molar-refractivity contribution in [1.82, 2.24) is 15.0 Å². The first-order chi connectivity index (χ1) is 27.8. The van der Waals surface area contributed by atoms with Crippen LogP contribution in [0.2, 0.25) is 0 Å². The topological polar surface area (TPSA) is 51.8 Å². The van der Waals surface area contributed by atoms with Crippen molar-refractivity contribution in [2.24, 2.45) is 0 Å². The lowest BCUT2D eigenvalue weighted by Gasteiger charge is -2.13. The zero-order chi connectivity index (χ0) is 36.7. The first-order valence-corrected chi connectivity index (χ1v) is 19.6. The quantitative estimate of drug-likeness (QED) is 0.169. The minimum absolute atomic E-state index is 0.597. The van der Waals surface area contributed by atoms with Crippen LogP contribution < -0.4 is 0 Å². The molecule has 0 unspecified atom stereocenters. The van der Waals surface area contributed by atoms with Crippen LogP contribution >= 0.6 is 11.3 Å². The molecule has 4 nitrogen and oxygen atoms in total. The summed E-state index contributed by atoms with van der Waals surface area (Å²) in [5.41, 5.74) is 6.67. The van der Waals surface area contributed by atoms with Crippen LogP contribution in [-0.4, -0.2) is 15.0 Å². The van der Waals surface area contributed by atoms with Crippen LogP contribution in [0, 0.1) is 0 Å². The Morgan fingerprint density at radius 1 is 0.321 bits per heavy atom. The molecular formula is C51H29N3OS. The predicted molar refractivity (Wildman–Crippen MR) is 234 cm³/mol. The molecule has 5 heteroatoms. The summed E-state index contributed by atoms with van der Waals surface area (Å²) < 4.78 is 9.19. The zero-order valence-electron chi connectivity index (χ0n) is 29.9. The Balaban J connectivity index is 1.13. The van der Waals surface area contributed by atoms with Crippen molar-refractivity contribution in [2.75, 3.05) is 0 Å². The van der Waals surface area contributed by atoms with Gasteiger partial charge in [0.05, 0.1) is 0 Å². The Labute approximate surface area is 325 Å². The van der Waals surface area contributed by atoms with Crippen LogP contribution in [0.1, 0.15) is 0 Å². The van der Waals surface area contributed by atoms with E-state index in [2.05, 4.69) is 146 Å². The lowest BCUT2D eigenvalue weighted by molar-refractivity contribution is 0.669. The molecule has 260 valence electrons. The molecule has 0 bridgehead atoms. The second kappa shape index (κ2) is 12.2. The SMILES string of the molecule is c1ccc(-c2nc(-c3ccc4c5ccccc5c5ccccc5c4c3)nc(-c3cccc4oc5cccc(-c6cccc7sc8ccccc8c67)c5c34)n2)cc1. The summed E-state index contributed by atoms with van der Waals surface area (Å²) in [5, 5.41) is 11.9. The highest BCUT2D eigenvalue weighted by molar-refractivity contribution is 7.25. The van der Waals surface area contributed by atoms with Gasteiger partial charge < -0.3 is 4.42 Å². The minimum atomic E-state index is 0.597. The van der Waals surface area contributed by atoms with Gasteiger partial charge in [0.1, 0.15) is 11.2 Å². The van der Waals surface area contributed by atoms with Crippen LogP contribution in [0.5, 0.6) is 0 Å². The third-order valence-corrected chi connectivity index (χ3v) is 12.3. The van der Waals surface area contributed by atoms with Crippen molar-refractivity contribution >= 4 is 85.8 Å². The Morgan fingerprint density at radius 3 is 1.54 bits per heavy atom. The van der Waals surface area contributed by atoms with E-state index in [4.69, 9.17) is 19.4 Å². The molecule has 56 heavy (non-hydrogen) atoms. The fourth-order valence-electron chi connectivity index (χ4n) is 8.66. The standard InChI is InChI=1S/C51H29N3OS/c1-2-13-30(14-3-1)49-52-50(31-27-28-36-34-17-5-4-15-32(34)33-16-6-7-18-35(33)41(36)29-31)54-51(53-49)40-22-11-24-43-48(40)47-38(20-10-23-42(47)55-43)37-21-12-26-45-46(37)39-19-8-9-25-44(39)56-45/h1-29H. The van der Waals surface area contributed by atoms with Crippen molar-refractivity contribution in [3.63, 3.8) is 0 Å². The number of furan rings is 1. The van der Waals surface area contributed by atoms with E-state index >= 15 is 0 Å². The molecule has 0 aliphatic rings. The molecule has 12 rings (SSSR count). The summed E-state index contributed by atoms with van der Waals surface area (Å²) in [6, 6.07) is 61.9. The van der Waals surface area contributed by atoms with Gasteiger partial charge in [-0.2, -0.15) is 0 Å². The minimum Gasteiger partial charge on any atom is -0.456 e. The molecule has 0 saturated heterocycles. The third-order valence-electron chi connectivity index (χ3n) is 11.1. The predicted octanol–water partition coefficient (Wildman–Crippen LogP) is 14.3. The molecule has 3 heterocycles. The van der Waals surface area contributed by atoms with Gasteiger partial charge >= 0.3 is 0 Å². The van der Waals surface area contributed by atoms with Gasteiger partial charge in [-0.1, -0.05) is 146 Å². The lowest BCUT2D eigenvalue weighted by Crippen LogP contribution is -2.00. The molecule has 0 N–H and O–H groups in total. The molecule has 0 amide bonds. The first kappa shape index (κ1) is 31.2. The molecule has 0 spiro atoms. The van der Waals surface area contributed by atoms with E-state index in [-0.39, 0.29) is 0 Å². The highest BCUT2D eigenvalue weighted by Gasteiger charge is 2.22. The van der Waals surface area contributed by atoms with E-state index in [1.807, 2.05) is 41.7 Å². The van der Waals surface area contributed by atoms with Crippen molar-refractivity contribution in [2.45, 2.75) is 0 Å². The van der Waals surface area contributed by atoms with Gasteiger partial charge in [0, 0.05) is 47.6 Å². The number of hydrogen-bond donors (Lipinski definition) is 0. The smallest absolute Gasteiger partial charge is 0.164 e. The van der Waals surface area contributed by atoms with E-state index in [1.165, 1.54) is 58.1 Å². The van der Waals surface area contributed by atoms with Gasteiger partial charge in [0.2, 0.25) is 0 Å². The molecule has 0 aliphatic heterocycles. The average molecular weight is 732 g/mol. The normalized spacial score (nSPS) is 11.9. The molecular weight excluding hydrogens is 703 g/mol. The van der Waals surface area contributed by atoms with E-state index < -0.39 is 0 Å². The first-order valence-electron chi connectivity index (χ1n) is 18.8. The van der Waals surface area contributed by atoms with Gasteiger partial charge in [-0.15, -0.1) is 11.3 Å². The van der Waals surface area contributed by atoms with E-state index in [0.717, 1.165) is 44.2 Å². The number of thiophene rings is 1. The Kier molecular flexibility index (Phi) is 6.76. The molecule has 12 aromatic rings. The summed E-state index contributed by atoms with van der Waals surface area (Å²) in [6.07, 6.45) is 0. The van der Waals surface area contributed by atoms with Gasteiger partial charge in [0.25, 0.3) is 0 Å². The van der Waals surface area contributed by atoms with Crippen LogP contribution in [0.25, 0.3) is 120 Å². The zero-order valence-corrected chi connectivity index (χ0v) is 30.7. The van der Waals surface area contributed by atoms with E-state index in [1.54, 1.807) is 0 Å². The van der Waals surface area contributed by atoms with Gasteiger partial charge in [-0.3, -0.25) is 0 Å². The maximum Gasteiger partial charge on any atom is 0.164 e. The van der Waals surface area contributed by atoms with E-state index in [0.29, 0.717) is 17.5 Å². The molecule has 0 radical (unpaired) electrons. The fraction of sp³-hybridized carbons (Fsp3) is 0. The number of benzene rings is 9.